The van der Waals surface area contributed by atoms with Gasteiger partial charge in [-0.3, -0.25) is 4.79 Å². The number of nitrogens with zero attached hydrogens (tertiary/aromatic N) is 4. The normalized spacial score (nSPS) is 19.1. The van der Waals surface area contributed by atoms with Gasteiger partial charge in [0.15, 0.2) is 5.16 Å². The average molecular weight is 408 g/mol. The summed E-state index contributed by atoms with van der Waals surface area (Å²) in [6.07, 6.45) is -1.96. The highest BCUT2D eigenvalue weighted by Crippen LogP contribution is 2.32. The molecule has 1 atom stereocenters. The summed E-state index contributed by atoms with van der Waals surface area (Å²) in [5.74, 6) is -0.271. The monoisotopic (exact) mass is 408 g/mol. The SMILES string of the molecule is COc1ccc(-c2ccnc(SCC(=O)N3N=C(C)C[C@]3(O)C(F)F)n2)cc1. The van der Waals surface area contributed by atoms with Gasteiger partial charge in [0.25, 0.3) is 12.3 Å². The zero-order valence-corrected chi connectivity index (χ0v) is 16.0. The second-order valence-corrected chi connectivity index (χ2v) is 7.08. The van der Waals surface area contributed by atoms with E-state index in [4.69, 9.17) is 4.74 Å². The predicted molar refractivity (Wildman–Crippen MR) is 100 cm³/mol. The molecule has 1 aromatic carbocycles. The molecule has 28 heavy (non-hydrogen) atoms. The van der Waals surface area contributed by atoms with E-state index in [9.17, 15) is 18.7 Å². The van der Waals surface area contributed by atoms with Crippen molar-refractivity contribution >= 4 is 23.4 Å². The lowest BCUT2D eigenvalue weighted by molar-refractivity contribution is -0.190. The quantitative estimate of drug-likeness (QED) is 0.584. The van der Waals surface area contributed by atoms with Crippen LogP contribution in [0.5, 0.6) is 5.75 Å². The summed E-state index contributed by atoms with van der Waals surface area (Å²) < 4.78 is 31.5. The molecular formula is C18H18F2N4O3S. The van der Waals surface area contributed by atoms with Gasteiger partial charge in [-0.2, -0.15) is 10.1 Å². The summed E-state index contributed by atoms with van der Waals surface area (Å²) in [6.45, 7) is 1.48. The van der Waals surface area contributed by atoms with Crippen LogP contribution in [0.4, 0.5) is 8.78 Å². The zero-order valence-electron chi connectivity index (χ0n) is 15.2. The van der Waals surface area contributed by atoms with E-state index in [2.05, 4.69) is 15.1 Å². The average Bonchev–Trinajstić information content (AvgIpc) is 3.02. The lowest BCUT2D eigenvalue weighted by atomic mass is 10.1. The number of methoxy groups -OCH3 is 1. The van der Waals surface area contributed by atoms with E-state index in [1.165, 1.54) is 6.92 Å². The number of thioether (sulfide) groups is 1. The summed E-state index contributed by atoms with van der Waals surface area (Å²) >= 11 is 0.982. The van der Waals surface area contributed by atoms with Crippen molar-refractivity contribution in [3.05, 3.63) is 36.5 Å². The Balaban J connectivity index is 1.70. The molecule has 1 aliphatic heterocycles. The van der Waals surface area contributed by atoms with Crippen molar-refractivity contribution in [1.82, 2.24) is 15.0 Å². The minimum absolute atomic E-state index is 0.238. The maximum Gasteiger partial charge on any atom is 0.287 e. The Morgan fingerprint density at radius 2 is 2.07 bits per heavy atom. The molecule has 7 nitrogen and oxygen atoms in total. The number of hydrogen-bond donors (Lipinski definition) is 1. The highest BCUT2D eigenvalue weighted by Gasteiger charge is 2.50. The number of aromatic nitrogens is 2. The number of halogens is 2. The number of hydrogen-bond acceptors (Lipinski definition) is 7. The molecule has 1 aromatic heterocycles. The van der Waals surface area contributed by atoms with Gasteiger partial charge in [-0.1, -0.05) is 11.8 Å². The second kappa shape index (κ2) is 8.19. The molecule has 0 saturated heterocycles. The van der Waals surface area contributed by atoms with Gasteiger partial charge in [-0.15, -0.1) is 0 Å². The lowest BCUT2D eigenvalue weighted by Crippen LogP contribution is -2.52. The second-order valence-electron chi connectivity index (χ2n) is 6.14. The van der Waals surface area contributed by atoms with Crippen molar-refractivity contribution in [1.29, 1.82) is 0 Å². The number of carbonyl (C=O) groups is 1. The lowest BCUT2D eigenvalue weighted by Gasteiger charge is -2.29. The molecule has 1 N–H and O–H groups in total. The van der Waals surface area contributed by atoms with E-state index in [0.717, 1.165) is 17.3 Å². The first kappa shape index (κ1) is 20.2. The van der Waals surface area contributed by atoms with Crippen LogP contribution in [0.1, 0.15) is 13.3 Å². The van der Waals surface area contributed by atoms with Crippen molar-refractivity contribution < 1.29 is 23.4 Å². The van der Waals surface area contributed by atoms with Crippen LogP contribution in [-0.4, -0.2) is 56.7 Å². The molecule has 2 aromatic rings. The van der Waals surface area contributed by atoms with Gasteiger partial charge in [0.05, 0.1) is 18.6 Å². The fraction of sp³-hybridized carbons (Fsp3) is 0.333. The van der Waals surface area contributed by atoms with E-state index in [0.29, 0.717) is 21.6 Å². The number of rotatable bonds is 6. The van der Waals surface area contributed by atoms with Gasteiger partial charge in [-0.25, -0.2) is 18.7 Å². The van der Waals surface area contributed by atoms with Crippen molar-refractivity contribution in [2.24, 2.45) is 5.10 Å². The number of ether oxygens (including phenoxy) is 1. The molecule has 10 heteroatoms. The summed E-state index contributed by atoms with van der Waals surface area (Å²) in [5, 5.41) is 14.6. The van der Waals surface area contributed by atoms with E-state index in [-0.39, 0.29) is 17.9 Å². The van der Waals surface area contributed by atoms with Crippen LogP contribution >= 0.6 is 11.8 Å². The van der Waals surface area contributed by atoms with Gasteiger partial charge in [-0.05, 0) is 37.3 Å². The zero-order chi connectivity index (χ0) is 20.3. The first-order valence-corrected chi connectivity index (χ1v) is 9.30. The van der Waals surface area contributed by atoms with Gasteiger partial charge in [0.2, 0.25) is 5.72 Å². The molecule has 2 heterocycles. The molecule has 0 aliphatic carbocycles. The smallest absolute Gasteiger partial charge is 0.287 e. The van der Waals surface area contributed by atoms with Gasteiger partial charge >= 0.3 is 0 Å². The molecule has 0 bridgehead atoms. The molecule has 0 spiro atoms. The van der Waals surface area contributed by atoms with Crippen LogP contribution in [-0.2, 0) is 4.79 Å². The number of benzene rings is 1. The highest BCUT2D eigenvalue weighted by molar-refractivity contribution is 7.99. The number of hydrazone groups is 1. The number of alkyl halides is 2. The third-order valence-electron chi connectivity index (χ3n) is 4.08. The van der Waals surface area contributed by atoms with Crippen molar-refractivity contribution in [3.8, 4) is 17.0 Å². The van der Waals surface area contributed by atoms with Gasteiger partial charge in [0.1, 0.15) is 5.75 Å². The van der Waals surface area contributed by atoms with Gasteiger partial charge in [0, 0.05) is 23.9 Å². The molecule has 1 aliphatic rings. The number of carbonyl (C=O) groups excluding carboxylic acids is 1. The van der Waals surface area contributed by atoms with Crippen LogP contribution in [0.2, 0.25) is 0 Å². The summed E-state index contributed by atoms with van der Waals surface area (Å²) in [4.78, 5) is 20.8. The summed E-state index contributed by atoms with van der Waals surface area (Å²) in [6, 6.07) is 8.99. The van der Waals surface area contributed by atoms with E-state index < -0.39 is 18.1 Å². The Kier molecular flexibility index (Phi) is 5.90. The minimum Gasteiger partial charge on any atom is -0.497 e. The van der Waals surface area contributed by atoms with E-state index in [1.54, 1.807) is 31.5 Å². The number of amides is 1. The largest absolute Gasteiger partial charge is 0.497 e. The Labute approximate surface area is 164 Å². The van der Waals surface area contributed by atoms with Crippen LogP contribution in [0.15, 0.2) is 46.8 Å². The van der Waals surface area contributed by atoms with Crippen molar-refractivity contribution in [3.63, 3.8) is 0 Å². The summed E-state index contributed by atoms with van der Waals surface area (Å²) in [5.41, 5.74) is -0.859. The summed E-state index contributed by atoms with van der Waals surface area (Å²) in [7, 11) is 1.58. The first-order valence-electron chi connectivity index (χ1n) is 8.31. The molecule has 148 valence electrons. The fourth-order valence-corrected chi connectivity index (χ4v) is 3.38. The van der Waals surface area contributed by atoms with Crippen LogP contribution in [0.25, 0.3) is 11.3 Å². The van der Waals surface area contributed by atoms with Crippen LogP contribution < -0.4 is 4.74 Å². The Morgan fingerprint density at radius 3 is 2.71 bits per heavy atom. The molecule has 0 fully saturated rings. The molecule has 3 rings (SSSR count). The van der Waals surface area contributed by atoms with Crippen LogP contribution in [0.3, 0.4) is 0 Å². The molecule has 0 radical (unpaired) electrons. The maximum atomic E-state index is 13.2. The van der Waals surface area contributed by atoms with E-state index in [1.807, 2.05) is 12.1 Å². The maximum absolute atomic E-state index is 13.2. The molecule has 1 amide bonds. The Morgan fingerprint density at radius 1 is 1.36 bits per heavy atom. The number of aliphatic hydroxyl groups is 1. The fourth-order valence-electron chi connectivity index (χ4n) is 2.71. The third-order valence-corrected chi connectivity index (χ3v) is 4.93. The highest BCUT2D eigenvalue weighted by atomic mass is 32.2. The third kappa shape index (κ3) is 4.12. The molecular weight excluding hydrogens is 390 g/mol. The first-order chi connectivity index (χ1) is 13.3. The predicted octanol–water partition coefficient (Wildman–Crippen LogP) is 2.81. The minimum atomic E-state index is -3.13. The van der Waals surface area contributed by atoms with Crippen molar-refractivity contribution in [2.75, 3.05) is 12.9 Å². The molecule has 0 unspecified atom stereocenters. The van der Waals surface area contributed by atoms with Crippen LogP contribution in [0, 0.1) is 0 Å². The Bertz CT molecular complexity index is 895. The standard InChI is InChI=1S/C18H18F2N4O3S/c1-11-9-18(26,16(19)20)24(23-11)15(25)10-28-17-21-8-7-14(22-17)12-3-5-13(27-2)6-4-12/h3-8,16,26H,9-10H2,1-2H3/t18-/m0/s1. The van der Waals surface area contributed by atoms with E-state index >= 15 is 0 Å². The van der Waals surface area contributed by atoms with Gasteiger partial charge < -0.3 is 9.84 Å². The molecule has 0 saturated carbocycles. The topological polar surface area (TPSA) is 87.9 Å². The Hall–Kier alpha value is -2.59. The van der Waals surface area contributed by atoms with Crippen molar-refractivity contribution in [2.45, 2.75) is 30.7 Å².